The summed E-state index contributed by atoms with van der Waals surface area (Å²) >= 11 is 0. The quantitative estimate of drug-likeness (QED) is 0.239. The molecule has 1 aliphatic heterocycles. The second-order valence-corrected chi connectivity index (χ2v) is 11.7. The van der Waals surface area contributed by atoms with E-state index in [0.717, 1.165) is 82.2 Å². The zero-order chi connectivity index (χ0) is 22.6. The second-order valence-electron chi connectivity index (χ2n) is 11.7. The van der Waals surface area contributed by atoms with Crippen molar-refractivity contribution in [3.63, 3.8) is 0 Å². The average Bonchev–Trinajstić information content (AvgIpc) is 3.38. The van der Waals surface area contributed by atoms with Crippen LogP contribution in [0, 0.1) is 28.6 Å². The Bertz CT molecular complexity index is 810. The predicted molar refractivity (Wildman–Crippen MR) is 121 cm³/mol. The van der Waals surface area contributed by atoms with Gasteiger partial charge in [0.25, 0.3) is 0 Å². The van der Waals surface area contributed by atoms with E-state index in [4.69, 9.17) is 9.47 Å². The van der Waals surface area contributed by atoms with E-state index in [2.05, 4.69) is 32.2 Å². The molecule has 5 rings (SSSR count). The van der Waals surface area contributed by atoms with Crippen molar-refractivity contribution in [1.29, 1.82) is 0 Å². The van der Waals surface area contributed by atoms with Crippen molar-refractivity contribution in [3.8, 4) is 0 Å². The van der Waals surface area contributed by atoms with Crippen LogP contribution in [0.4, 0.5) is 4.79 Å². The smallest absolute Gasteiger partial charge is 0.512 e. The Labute approximate surface area is 215 Å². The minimum Gasteiger partial charge on any atom is -1.00 e. The van der Waals surface area contributed by atoms with Crippen LogP contribution in [-0.2, 0) is 14.3 Å². The number of carbonyl (C=O) groups excluding carboxylic acids is 2. The maximum Gasteiger partial charge on any atom is 0.512 e. The number of nitrogens with one attached hydrogen (secondary N) is 1. The third-order valence-corrected chi connectivity index (χ3v) is 10.4. The Morgan fingerprint density at radius 2 is 1.94 bits per heavy atom. The van der Waals surface area contributed by atoms with Gasteiger partial charge in [-0.3, -0.25) is 14.6 Å². The maximum absolute atomic E-state index is 12.6. The molecule has 5 aliphatic rings. The number of ketones is 1. The van der Waals surface area contributed by atoms with Gasteiger partial charge in [0.05, 0.1) is 13.1 Å². The fraction of sp³-hybridized carbons (Fsp3) is 0.846. The molecule has 4 aliphatic carbocycles. The fourth-order valence-electron chi connectivity index (χ4n) is 8.04. The van der Waals surface area contributed by atoms with Crippen LogP contribution in [0.25, 0.3) is 0 Å². The van der Waals surface area contributed by atoms with E-state index >= 15 is 0 Å². The molecule has 3 saturated carbocycles. The fourth-order valence-corrected chi connectivity index (χ4v) is 8.04. The minimum absolute atomic E-state index is 0. The zero-order valence-electron chi connectivity index (χ0n) is 20.5. The first-order valence-corrected chi connectivity index (χ1v) is 12.9. The molecule has 4 fully saturated rings. The van der Waals surface area contributed by atoms with Crippen LogP contribution in [-0.4, -0.2) is 55.6 Å². The lowest BCUT2D eigenvalue weighted by atomic mass is 9.48. The molecule has 1 saturated heterocycles. The van der Waals surface area contributed by atoms with E-state index in [9.17, 15) is 9.59 Å². The van der Waals surface area contributed by atoms with Gasteiger partial charge in [-0.05, 0) is 68.6 Å². The molecule has 0 amide bonds. The normalized spacial score (nSPS) is 44.1. The summed E-state index contributed by atoms with van der Waals surface area (Å²) in [5, 5.41) is 3.36. The summed E-state index contributed by atoms with van der Waals surface area (Å²) in [7, 11) is 0. The molecular weight excluding hydrogens is 531 g/mol. The monoisotopic (exact) mass is 572 g/mol. The number of hydrogen-bond donors (Lipinski definition) is 1. The maximum atomic E-state index is 12.6. The van der Waals surface area contributed by atoms with Crippen molar-refractivity contribution in [2.45, 2.75) is 78.2 Å². The number of quaternary nitrogens is 1. The largest absolute Gasteiger partial charge is 1.00 e. The number of hydrogen-bond acceptors (Lipinski definition) is 5. The van der Waals surface area contributed by atoms with Crippen molar-refractivity contribution < 1.29 is 47.5 Å². The lowest BCUT2D eigenvalue weighted by Gasteiger charge is -2.56. The van der Waals surface area contributed by atoms with Gasteiger partial charge < -0.3 is 33.5 Å². The van der Waals surface area contributed by atoms with E-state index < -0.39 is 6.16 Å². The number of fused-ring (bicyclic) bond motifs is 5. The Hall–Kier alpha value is -0.670. The van der Waals surface area contributed by atoms with E-state index in [0.29, 0.717) is 30.3 Å². The first-order chi connectivity index (χ1) is 15.3. The molecule has 6 nitrogen and oxygen atoms in total. The summed E-state index contributed by atoms with van der Waals surface area (Å²) in [6.45, 7) is 11.0. The Balaban J connectivity index is 0.00000259. The van der Waals surface area contributed by atoms with Crippen molar-refractivity contribution in [3.05, 3.63) is 11.6 Å². The molecule has 7 atom stereocenters. The topological polar surface area (TPSA) is 64.6 Å². The molecule has 0 bridgehead atoms. The molecule has 0 aromatic rings. The van der Waals surface area contributed by atoms with Crippen LogP contribution in [0.3, 0.4) is 0 Å². The number of carbonyl (C=O) groups is 2. The number of ether oxygens (including phenoxy) is 2. The van der Waals surface area contributed by atoms with Crippen molar-refractivity contribution in [2.24, 2.45) is 28.6 Å². The van der Waals surface area contributed by atoms with Crippen LogP contribution in [0.1, 0.15) is 72.1 Å². The van der Waals surface area contributed by atoms with Crippen LogP contribution in [0.15, 0.2) is 11.6 Å². The summed E-state index contributed by atoms with van der Waals surface area (Å²) in [5.74, 6) is 2.37. The minimum atomic E-state index is -0.511. The number of likely N-dealkylation sites (N-methyl/N-ethyl adjacent to an activating group) is 1. The molecular formula is C26H41IN2O4. The number of nitrogens with zero attached hydrogens (tertiary/aromatic N) is 1. The average molecular weight is 573 g/mol. The zero-order valence-corrected chi connectivity index (χ0v) is 22.7. The van der Waals surface area contributed by atoms with Crippen LogP contribution < -0.4 is 29.3 Å². The van der Waals surface area contributed by atoms with Crippen LogP contribution in [0.2, 0.25) is 0 Å². The summed E-state index contributed by atoms with van der Waals surface area (Å²) in [4.78, 5) is 25.1. The molecule has 1 N–H and O–H groups in total. The summed E-state index contributed by atoms with van der Waals surface area (Å²) in [6.07, 6.45) is 9.84. The van der Waals surface area contributed by atoms with E-state index in [1.165, 1.54) is 5.57 Å². The standard InChI is InChI=1S/C26H41N2O4.HI/c1-4-28(14-13-27-16-28)17-31-24(30)32-19-9-11-25(2)18(15-19)5-6-20-21-7-8-23(29)26(21,3)12-10-22(20)25;/h5,19-22,27H,4,6-17H2,1-3H3;1H/q+1;/p-1/t19-,20-,21-,22-,25-,26-,28?;/m0./s1. The van der Waals surface area contributed by atoms with Crippen LogP contribution >= 0.6 is 0 Å². The molecule has 0 spiro atoms. The highest BCUT2D eigenvalue weighted by molar-refractivity contribution is 5.87. The summed E-state index contributed by atoms with van der Waals surface area (Å²) in [5.41, 5.74) is 1.60. The number of Topliss-reactive ketones (excluding diaryl/α,β-unsaturated/α-hetero) is 1. The molecule has 0 aromatic carbocycles. The molecule has 1 heterocycles. The first-order valence-electron chi connectivity index (χ1n) is 12.9. The van der Waals surface area contributed by atoms with Crippen molar-refractivity contribution in [1.82, 2.24) is 5.32 Å². The van der Waals surface area contributed by atoms with E-state index in [1.807, 2.05) is 0 Å². The molecule has 186 valence electrons. The highest BCUT2D eigenvalue weighted by Gasteiger charge is 2.58. The Morgan fingerprint density at radius 3 is 2.67 bits per heavy atom. The first kappa shape index (κ1) is 25.4. The van der Waals surface area contributed by atoms with Gasteiger partial charge in [-0.25, -0.2) is 4.79 Å². The molecule has 33 heavy (non-hydrogen) atoms. The second kappa shape index (κ2) is 9.41. The van der Waals surface area contributed by atoms with Crippen molar-refractivity contribution >= 4 is 11.9 Å². The van der Waals surface area contributed by atoms with Gasteiger partial charge in [0.1, 0.15) is 18.6 Å². The van der Waals surface area contributed by atoms with Gasteiger partial charge in [-0.2, -0.15) is 0 Å². The van der Waals surface area contributed by atoms with Gasteiger partial charge in [0.2, 0.25) is 6.73 Å². The molecule has 0 aromatic heterocycles. The highest BCUT2D eigenvalue weighted by atomic mass is 127. The Kier molecular flexibility index (Phi) is 7.25. The third-order valence-electron chi connectivity index (χ3n) is 10.4. The molecule has 0 radical (unpaired) electrons. The summed E-state index contributed by atoms with van der Waals surface area (Å²) < 4.78 is 12.1. The molecule has 1 unspecified atom stereocenters. The van der Waals surface area contributed by atoms with Crippen LogP contribution in [0.5, 0.6) is 0 Å². The lowest BCUT2D eigenvalue weighted by Crippen LogP contribution is -3.00. The predicted octanol–water partition coefficient (Wildman–Crippen LogP) is 1.40. The van der Waals surface area contributed by atoms with Gasteiger partial charge in [-0.15, -0.1) is 0 Å². The van der Waals surface area contributed by atoms with Gasteiger partial charge >= 0.3 is 6.16 Å². The number of allylic oxidation sites excluding steroid dienone is 1. The van der Waals surface area contributed by atoms with Gasteiger partial charge in [0, 0.05) is 24.8 Å². The number of rotatable bonds is 4. The SMILES string of the molecule is CC[N+]1(COC(=O)O[C@H]2CC[C@@]3(C)C(=CC[C@@H]4[C@@H]3CC[C@]3(C)C(=O)CC[C@@H]43)C2)CCNC1.[I-]. The highest BCUT2D eigenvalue weighted by Crippen LogP contribution is 2.64. The van der Waals surface area contributed by atoms with Crippen molar-refractivity contribution in [2.75, 3.05) is 33.0 Å². The van der Waals surface area contributed by atoms with E-state index in [-0.39, 0.29) is 40.9 Å². The Morgan fingerprint density at radius 1 is 1.18 bits per heavy atom. The number of halogens is 1. The summed E-state index contributed by atoms with van der Waals surface area (Å²) in [6, 6.07) is 0. The third kappa shape index (κ3) is 4.28. The van der Waals surface area contributed by atoms with E-state index in [1.54, 1.807) is 0 Å². The lowest BCUT2D eigenvalue weighted by molar-refractivity contribution is -0.931. The van der Waals surface area contributed by atoms with Gasteiger partial charge in [-0.1, -0.05) is 25.5 Å². The van der Waals surface area contributed by atoms with Gasteiger partial charge in [0.15, 0.2) is 0 Å². The molecule has 7 heteroatoms.